The number of benzene rings is 1. The molecule has 0 aliphatic heterocycles. The first-order chi connectivity index (χ1) is 27.8. The molecule has 3 rings (SSSR count). The number of ketones is 1. The molecular weight excluding hydrogens is 775 g/mol. The zero-order valence-electron chi connectivity index (χ0n) is 33.3. The highest BCUT2D eigenvalue weighted by Gasteiger charge is 2.18. The Labute approximate surface area is 341 Å². The number of Topliss-reactive ketones (excluding diaryl/α,β-unsaturated/α-hetero) is 1. The molecule has 3 aromatic rings. The van der Waals surface area contributed by atoms with E-state index in [2.05, 4.69) is 21.9 Å². The van der Waals surface area contributed by atoms with Crippen molar-refractivity contribution in [1.29, 1.82) is 0 Å². The third kappa shape index (κ3) is 18.1. The van der Waals surface area contributed by atoms with Crippen LogP contribution in [0.15, 0.2) is 52.9 Å². The second-order valence-electron chi connectivity index (χ2n) is 13.8. The van der Waals surface area contributed by atoms with E-state index >= 15 is 0 Å². The van der Waals surface area contributed by atoms with Crippen molar-refractivity contribution in [1.82, 2.24) is 14.9 Å². The predicted octanol–water partition coefficient (Wildman–Crippen LogP) is 6.66. The minimum Gasteiger partial charge on any atom is -0.466 e. The van der Waals surface area contributed by atoms with Crippen LogP contribution in [0, 0.1) is 20.2 Å². The van der Waals surface area contributed by atoms with Crippen LogP contribution in [0.25, 0.3) is 6.08 Å². The standard InChI is InChI=1S/C40H53N5O12S/c1-4-5-12-37-41-25-35(24-34(23-32-19-22-58-28-32)36(46)17-18-38(47)54-20-8-6-10-29(2)56-44(50)51)43(37)27-31-13-15-33(16-14-31)40(49)42-26-39(48)55-21-9-7-11-30(3)57-45(52)53/h13-16,19,22,24-25,28-30H,4-12,17-18,20-21,23,26-27H2,1-3H3,(H,42,49). The van der Waals surface area contributed by atoms with Crippen LogP contribution in [-0.2, 0) is 52.9 Å². The SMILES string of the molecule is CCCCc1ncc(C=C(Cc2ccsc2)C(=O)CCC(=O)OCCCCC(C)O[N+](=O)[O-])n1Cc1ccc(C(=O)NCC(=O)OCCCCC(C)O[N+](=O)[O-])cc1. The van der Waals surface area contributed by atoms with Crippen molar-refractivity contribution >= 4 is 41.0 Å². The van der Waals surface area contributed by atoms with E-state index in [-0.39, 0.29) is 38.4 Å². The summed E-state index contributed by atoms with van der Waals surface area (Å²) in [7, 11) is 0. The van der Waals surface area contributed by atoms with Crippen molar-refractivity contribution < 1.29 is 48.5 Å². The zero-order chi connectivity index (χ0) is 42.3. The highest BCUT2D eigenvalue weighted by atomic mass is 32.1. The number of thiophene rings is 1. The van der Waals surface area contributed by atoms with Crippen LogP contribution in [-0.4, -0.2) is 75.3 Å². The second-order valence-corrected chi connectivity index (χ2v) is 14.6. The normalized spacial score (nSPS) is 12.3. The number of carbonyl (C=O) groups excluding carboxylic acids is 4. The molecule has 0 bridgehead atoms. The van der Waals surface area contributed by atoms with Crippen molar-refractivity contribution in [2.75, 3.05) is 19.8 Å². The van der Waals surface area contributed by atoms with Crippen LogP contribution >= 0.6 is 11.3 Å². The molecule has 17 nitrogen and oxygen atoms in total. The lowest BCUT2D eigenvalue weighted by molar-refractivity contribution is -0.767. The Morgan fingerprint density at radius 1 is 0.862 bits per heavy atom. The van der Waals surface area contributed by atoms with Crippen molar-refractivity contribution in [3.8, 4) is 0 Å². The van der Waals surface area contributed by atoms with Gasteiger partial charge in [0.15, 0.2) is 5.78 Å². The molecule has 1 N–H and O–H groups in total. The van der Waals surface area contributed by atoms with Crippen LogP contribution in [0.5, 0.6) is 0 Å². The van der Waals surface area contributed by atoms with Gasteiger partial charge < -0.3 is 29.0 Å². The molecule has 0 aliphatic rings. The van der Waals surface area contributed by atoms with Crippen molar-refractivity contribution in [3.05, 3.63) is 101 Å². The van der Waals surface area contributed by atoms with Gasteiger partial charge in [-0.2, -0.15) is 11.3 Å². The summed E-state index contributed by atoms with van der Waals surface area (Å²) in [5.74, 6) is -0.883. The van der Waals surface area contributed by atoms with Gasteiger partial charge in [0, 0.05) is 36.9 Å². The number of nitrogens with one attached hydrogen (secondary N) is 1. The van der Waals surface area contributed by atoms with E-state index < -0.39 is 40.2 Å². The highest BCUT2D eigenvalue weighted by Crippen LogP contribution is 2.21. The van der Waals surface area contributed by atoms with E-state index in [1.54, 1.807) is 32.2 Å². The molecule has 58 heavy (non-hydrogen) atoms. The maximum atomic E-state index is 13.6. The molecule has 0 saturated carbocycles. The maximum Gasteiger partial charge on any atom is 0.325 e. The van der Waals surface area contributed by atoms with Crippen LogP contribution < -0.4 is 5.32 Å². The Bertz CT molecular complexity index is 1810. The van der Waals surface area contributed by atoms with Gasteiger partial charge in [-0.3, -0.25) is 19.2 Å². The van der Waals surface area contributed by atoms with Gasteiger partial charge in [0.05, 0.1) is 31.5 Å². The molecule has 0 saturated heterocycles. The van der Waals surface area contributed by atoms with Gasteiger partial charge in [-0.15, -0.1) is 20.2 Å². The lowest BCUT2D eigenvalue weighted by Crippen LogP contribution is -2.30. The summed E-state index contributed by atoms with van der Waals surface area (Å²) < 4.78 is 12.5. The monoisotopic (exact) mass is 827 g/mol. The van der Waals surface area contributed by atoms with Crippen LogP contribution in [0.1, 0.15) is 118 Å². The van der Waals surface area contributed by atoms with Gasteiger partial charge in [-0.25, -0.2) is 4.98 Å². The maximum absolute atomic E-state index is 13.6. The number of hydrogen-bond donors (Lipinski definition) is 1. The van der Waals surface area contributed by atoms with Crippen molar-refractivity contribution in [2.24, 2.45) is 0 Å². The number of esters is 2. The summed E-state index contributed by atoms with van der Waals surface area (Å²) in [6.07, 6.45) is 8.37. The molecule has 0 spiro atoms. The Morgan fingerprint density at radius 3 is 2.09 bits per heavy atom. The summed E-state index contributed by atoms with van der Waals surface area (Å²) in [6, 6.07) is 8.92. The van der Waals surface area contributed by atoms with Crippen LogP contribution in [0.4, 0.5) is 0 Å². The number of unbranched alkanes of at least 4 members (excludes halogenated alkanes) is 3. The lowest BCUT2D eigenvalue weighted by Gasteiger charge is -2.13. The van der Waals surface area contributed by atoms with E-state index in [0.717, 1.165) is 41.9 Å². The number of aryl methyl sites for hydroxylation is 1. The third-order valence-corrected chi connectivity index (χ3v) is 9.68. The van der Waals surface area contributed by atoms with Gasteiger partial charge in [-0.1, -0.05) is 25.5 Å². The predicted molar refractivity (Wildman–Crippen MR) is 214 cm³/mol. The first-order valence-corrected chi connectivity index (χ1v) is 20.4. The fourth-order valence-corrected chi connectivity index (χ4v) is 6.49. The fraction of sp³-hybridized carbons (Fsp3) is 0.525. The van der Waals surface area contributed by atoms with Gasteiger partial charge in [0.1, 0.15) is 24.6 Å². The summed E-state index contributed by atoms with van der Waals surface area (Å²) in [5.41, 5.74) is 3.45. The Balaban J connectivity index is 1.61. The Kier molecular flexibility index (Phi) is 20.6. The van der Waals surface area contributed by atoms with Crippen molar-refractivity contribution in [2.45, 2.75) is 117 Å². The molecule has 1 amide bonds. The number of nitrogens with zero attached hydrogens (tertiary/aromatic N) is 4. The number of carbonyl (C=O) groups is 4. The molecule has 2 unspecified atom stereocenters. The smallest absolute Gasteiger partial charge is 0.325 e. The number of ether oxygens (including phenoxy) is 2. The molecule has 0 fully saturated rings. The number of allylic oxidation sites excluding steroid dienone is 1. The number of aromatic nitrogens is 2. The van der Waals surface area contributed by atoms with Crippen LogP contribution in [0.2, 0.25) is 0 Å². The molecule has 1 aromatic carbocycles. The number of imidazole rings is 1. The lowest BCUT2D eigenvalue weighted by atomic mass is 9.99. The van der Waals surface area contributed by atoms with E-state index in [0.29, 0.717) is 62.6 Å². The van der Waals surface area contributed by atoms with Gasteiger partial charge in [0.2, 0.25) is 0 Å². The van der Waals surface area contributed by atoms with E-state index in [1.165, 1.54) is 11.3 Å². The van der Waals surface area contributed by atoms with E-state index in [4.69, 9.17) is 14.5 Å². The van der Waals surface area contributed by atoms with Crippen molar-refractivity contribution in [3.63, 3.8) is 0 Å². The molecule has 0 radical (unpaired) electrons. The summed E-state index contributed by atoms with van der Waals surface area (Å²) in [5, 5.41) is 25.6. The first kappa shape index (κ1) is 46.7. The fourth-order valence-electron chi connectivity index (χ4n) is 5.82. The minimum absolute atomic E-state index is 0.0381. The molecule has 316 valence electrons. The minimum atomic E-state index is -0.834. The summed E-state index contributed by atoms with van der Waals surface area (Å²) in [4.78, 5) is 85.5. The number of amides is 1. The molecular formula is C40H53N5O12S. The molecule has 2 atom stereocenters. The molecule has 2 aromatic heterocycles. The topological polar surface area (TPSA) is 221 Å². The van der Waals surface area contributed by atoms with E-state index in [9.17, 15) is 39.4 Å². The number of rotatable bonds is 29. The zero-order valence-corrected chi connectivity index (χ0v) is 34.1. The summed E-state index contributed by atoms with van der Waals surface area (Å²) in [6.45, 7) is 5.65. The van der Waals surface area contributed by atoms with Gasteiger partial charge in [0.25, 0.3) is 16.1 Å². The van der Waals surface area contributed by atoms with Gasteiger partial charge >= 0.3 is 11.9 Å². The van der Waals surface area contributed by atoms with Crippen LogP contribution in [0.3, 0.4) is 0 Å². The second kappa shape index (κ2) is 25.6. The molecule has 0 aliphatic carbocycles. The highest BCUT2D eigenvalue weighted by molar-refractivity contribution is 7.07. The average molecular weight is 828 g/mol. The molecule has 18 heteroatoms. The third-order valence-electron chi connectivity index (χ3n) is 8.95. The largest absolute Gasteiger partial charge is 0.466 e. The number of hydrogen-bond acceptors (Lipinski definition) is 14. The first-order valence-electron chi connectivity index (χ1n) is 19.4. The van der Waals surface area contributed by atoms with E-state index in [1.807, 2.05) is 39.6 Å². The molecule has 2 heterocycles. The Hall–Kier alpha value is -5.65. The average Bonchev–Trinajstić information content (AvgIpc) is 3.84. The summed E-state index contributed by atoms with van der Waals surface area (Å²) >= 11 is 1.53. The Morgan fingerprint density at radius 2 is 1.50 bits per heavy atom. The quantitative estimate of drug-likeness (QED) is 0.0255. The van der Waals surface area contributed by atoms with Gasteiger partial charge in [-0.05, 0) is 105 Å².